The molecule has 0 amide bonds. The van der Waals surface area contributed by atoms with Gasteiger partial charge in [-0.05, 0) is 62.0 Å². The van der Waals surface area contributed by atoms with Crippen molar-refractivity contribution in [1.82, 2.24) is 5.43 Å². The second-order valence-corrected chi connectivity index (χ2v) is 5.65. The summed E-state index contributed by atoms with van der Waals surface area (Å²) in [5.74, 6) is -0.512. The van der Waals surface area contributed by atoms with Gasteiger partial charge in [0.25, 0.3) is 0 Å². The van der Waals surface area contributed by atoms with Crippen molar-refractivity contribution in [3.8, 4) is 5.75 Å². The van der Waals surface area contributed by atoms with Gasteiger partial charge in [-0.15, -0.1) is 0 Å². The summed E-state index contributed by atoms with van der Waals surface area (Å²) in [6.45, 7) is 3.50. The first kappa shape index (κ1) is 17.2. The van der Waals surface area contributed by atoms with E-state index in [1.54, 1.807) is 19.1 Å². The third-order valence-electron chi connectivity index (χ3n) is 3.19. The summed E-state index contributed by atoms with van der Waals surface area (Å²) in [6, 6.07) is 9.08. The lowest BCUT2D eigenvalue weighted by Gasteiger charge is -2.11. The lowest BCUT2D eigenvalue weighted by atomic mass is 10.1. The van der Waals surface area contributed by atoms with Gasteiger partial charge in [-0.3, -0.25) is 5.43 Å². The summed E-state index contributed by atoms with van der Waals surface area (Å²) in [5.41, 5.74) is 4.97. The van der Waals surface area contributed by atoms with Gasteiger partial charge in [-0.2, -0.15) is 5.10 Å². The van der Waals surface area contributed by atoms with Crippen LogP contribution in [-0.4, -0.2) is 15.9 Å². The number of phenols is 1. The van der Waals surface area contributed by atoms with Crippen molar-refractivity contribution in [3.63, 3.8) is 0 Å². The number of phenolic OH excluding ortho intramolecular Hbond substituents is 1. The summed E-state index contributed by atoms with van der Waals surface area (Å²) < 4.78 is 13.2. The number of benzene rings is 2. The zero-order valence-electron chi connectivity index (χ0n) is 12.5. The Balaban J connectivity index is 2.08. The van der Waals surface area contributed by atoms with Crippen LogP contribution in [0.1, 0.15) is 18.1 Å². The standard InChI is InChI=1S/C16H15ClFN3OS/c1-9-13(17)4-3-5-14(9)19-16(23)21-20-10(2)12-8-11(18)6-7-15(12)22/h3-8,22H,1-2H3,(H2,19,21,23)/b20-10+. The van der Waals surface area contributed by atoms with E-state index in [-0.39, 0.29) is 10.9 Å². The van der Waals surface area contributed by atoms with E-state index >= 15 is 0 Å². The topological polar surface area (TPSA) is 56.7 Å². The Morgan fingerprint density at radius 3 is 2.78 bits per heavy atom. The molecule has 0 heterocycles. The molecule has 23 heavy (non-hydrogen) atoms. The number of anilines is 1. The molecule has 120 valence electrons. The number of rotatable bonds is 3. The highest BCUT2D eigenvalue weighted by Gasteiger charge is 2.07. The Kier molecular flexibility index (Phi) is 5.52. The second-order valence-electron chi connectivity index (χ2n) is 4.84. The molecule has 7 heteroatoms. The van der Waals surface area contributed by atoms with Crippen LogP contribution < -0.4 is 10.7 Å². The second kappa shape index (κ2) is 7.39. The molecule has 0 fully saturated rings. The molecule has 0 atom stereocenters. The predicted octanol–water partition coefficient (Wildman–Crippen LogP) is 4.20. The highest BCUT2D eigenvalue weighted by Crippen LogP contribution is 2.23. The van der Waals surface area contributed by atoms with Crippen LogP contribution in [0.5, 0.6) is 5.75 Å². The lowest BCUT2D eigenvalue weighted by Crippen LogP contribution is -2.25. The number of aromatic hydroxyl groups is 1. The first-order valence-corrected chi connectivity index (χ1v) is 7.52. The van der Waals surface area contributed by atoms with Crippen LogP contribution in [0, 0.1) is 12.7 Å². The smallest absolute Gasteiger partial charge is 0.191 e. The fourth-order valence-corrected chi connectivity index (χ4v) is 2.22. The fraction of sp³-hybridized carbons (Fsp3) is 0.125. The first-order valence-electron chi connectivity index (χ1n) is 6.73. The molecule has 2 aromatic rings. The molecule has 0 aliphatic heterocycles. The van der Waals surface area contributed by atoms with E-state index in [2.05, 4.69) is 15.8 Å². The molecule has 0 unspecified atom stereocenters. The van der Waals surface area contributed by atoms with Crippen LogP contribution in [0.3, 0.4) is 0 Å². The maximum absolute atomic E-state index is 13.2. The number of halogens is 2. The maximum atomic E-state index is 13.2. The average Bonchev–Trinajstić information content (AvgIpc) is 2.52. The normalized spacial score (nSPS) is 11.2. The van der Waals surface area contributed by atoms with Crippen LogP contribution in [0.25, 0.3) is 0 Å². The molecule has 0 radical (unpaired) electrons. The highest BCUT2D eigenvalue weighted by atomic mass is 35.5. The quantitative estimate of drug-likeness (QED) is 0.440. The molecule has 0 saturated carbocycles. The summed E-state index contributed by atoms with van der Waals surface area (Å²) in [6.07, 6.45) is 0. The predicted molar refractivity (Wildman–Crippen MR) is 95.8 cm³/mol. The summed E-state index contributed by atoms with van der Waals surface area (Å²) in [5, 5.41) is 17.6. The molecule has 3 N–H and O–H groups in total. The number of thiocarbonyl (C=S) groups is 1. The molecular weight excluding hydrogens is 337 g/mol. The van der Waals surface area contributed by atoms with Crippen molar-refractivity contribution in [2.45, 2.75) is 13.8 Å². The van der Waals surface area contributed by atoms with Crippen LogP contribution in [0.15, 0.2) is 41.5 Å². The van der Waals surface area contributed by atoms with E-state index in [9.17, 15) is 9.50 Å². The van der Waals surface area contributed by atoms with Gasteiger partial charge < -0.3 is 10.4 Å². The van der Waals surface area contributed by atoms with E-state index in [0.29, 0.717) is 16.3 Å². The molecule has 2 aromatic carbocycles. The maximum Gasteiger partial charge on any atom is 0.191 e. The molecule has 2 rings (SSSR count). The number of hydrogen-bond donors (Lipinski definition) is 3. The third-order valence-corrected chi connectivity index (χ3v) is 3.79. The summed E-state index contributed by atoms with van der Waals surface area (Å²) in [7, 11) is 0. The fourth-order valence-electron chi connectivity index (χ4n) is 1.89. The van der Waals surface area contributed by atoms with Gasteiger partial charge >= 0.3 is 0 Å². The third kappa shape index (κ3) is 4.40. The Bertz CT molecular complexity index is 780. The molecule has 0 spiro atoms. The van der Waals surface area contributed by atoms with Crippen LogP contribution in [0.4, 0.5) is 10.1 Å². The van der Waals surface area contributed by atoms with Gasteiger partial charge in [0.05, 0.1) is 5.71 Å². The number of nitrogens with zero attached hydrogens (tertiary/aromatic N) is 1. The van der Waals surface area contributed by atoms with E-state index in [1.807, 2.05) is 13.0 Å². The zero-order valence-corrected chi connectivity index (χ0v) is 14.1. The van der Waals surface area contributed by atoms with Crippen LogP contribution in [-0.2, 0) is 0 Å². The van der Waals surface area contributed by atoms with E-state index in [0.717, 1.165) is 11.3 Å². The van der Waals surface area contributed by atoms with Gasteiger partial charge in [0.15, 0.2) is 5.11 Å². The number of nitrogens with one attached hydrogen (secondary N) is 2. The molecular formula is C16H15ClFN3OS. The van der Waals surface area contributed by atoms with Crippen molar-refractivity contribution < 1.29 is 9.50 Å². The SMILES string of the molecule is C/C(=N\NC(=S)Nc1cccc(Cl)c1C)c1cc(F)ccc1O. The molecule has 0 aromatic heterocycles. The first-order chi connectivity index (χ1) is 10.9. The van der Waals surface area contributed by atoms with Gasteiger partial charge in [0, 0.05) is 16.3 Å². The monoisotopic (exact) mass is 351 g/mol. The van der Waals surface area contributed by atoms with Crippen molar-refractivity contribution in [3.05, 3.63) is 58.4 Å². The number of hydrazone groups is 1. The molecule has 0 aliphatic rings. The average molecular weight is 352 g/mol. The van der Waals surface area contributed by atoms with Crippen molar-refractivity contribution >= 4 is 40.3 Å². The molecule has 0 bridgehead atoms. The zero-order chi connectivity index (χ0) is 17.0. The summed E-state index contributed by atoms with van der Waals surface area (Å²) >= 11 is 11.2. The van der Waals surface area contributed by atoms with Gasteiger partial charge in [-0.1, -0.05) is 17.7 Å². The van der Waals surface area contributed by atoms with E-state index in [4.69, 9.17) is 23.8 Å². The van der Waals surface area contributed by atoms with E-state index in [1.165, 1.54) is 18.2 Å². The Morgan fingerprint density at radius 2 is 2.04 bits per heavy atom. The van der Waals surface area contributed by atoms with Crippen molar-refractivity contribution in [1.29, 1.82) is 0 Å². The number of hydrogen-bond acceptors (Lipinski definition) is 3. The minimum absolute atomic E-state index is 0.0565. The largest absolute Gasteiger partial charge is 0.507 e. The Labute approximate surface area is 144 Å². The molecule has 4 nitrogen and oxygen atoms in total. The summed E-state index contributed by atoms with van der Waals surface area (Å²) in [4.78, 5) is 0. The van der Waals surface area contributed by atoms with Crippen LogP contribution in [0.2, 0.25) is 5.02 Å². The Hall–Kier alpha value is -2.18. The van der Waals surface area contributed by atoms with Gasteiger partial charge in [-0.25, -0.2) is 4.39 Å². The Morgan fingerprint density at radius 1 is 1.30 bits per heavy atom. The lowest BCUT2D eigenvalue weighted by molar-refractivity contribution is 0.472. The minimum atomic E-state index is -0.456. The highest BCUT2D eigenvalue weighted by molar-refractivity contribution is 7.80. The molecule has 0 aliphatic carbocycles. The van der Waals surface area contributed by atoms with Gasteiger partial charge in [0.2, 0.25) is 0 Å². The molecule has 0 saturated heterocycles. The van der Waals surface area contributed by atoms with Gasteiger partial charge in [0.1, 0.15) is 11.6 Å². The van der Waals surface area contributed by atoms with Crippen molar-refractivity contribution in [2.75, 3.05) is 5.32 Å². The van der Waals surface area contributed by atoms with Crippen LogP contribution >= 0.6 is 23.8 Å². The minimum Gasteiger partial charge on any atom is -0.507 e. The van der Waals surface area contributed by atoms with Crippen molar-refractivity contribution in [2.24, 2.45) is 5.10 Å². The van der Waals surface area contributed by atoms with E-state index < -0.39 is 5.82 Å².